The number of ether oxygens (including phenoxy) is 1. The number of carboxylic acids is 1. The molecule has 0 fully saturated rings. The van der Waals surface area contributed by atoms with Crippen LogP contribution < -0.4 is 4.74 Å². The van der Waals surface area contributed by atoms with Crippen molar-refractivity contribution < 1.29 is 23.8 Å². The molecule has 0 radical (unpaired) electrons. The number of carbonyl (C=O) groups is 2. The van der Waals surface area contributed by atoms with E-state index >= 15 is 0 Å². The Morgan fingerprint density at radius 3 is 2.62 bits per heavy atom. The lowest BCUT2D eigenvalue weighted by Gasteiger charge is -2.06. The molecule has 1 N–H and O–H groups in total. The molecule has 0 aliphatic rings. The zero-order chi connectivity index (χ0) is 12.1. The molecule has 0 amide bonds. The second-order valence-electron chi connectivity index (χ2n) is 3.16. The van der Waals surface area contributed by atoms with E-state index in [1.807, 2.05) is 0 Å². The van der Waals surface area contributed by atoms with Crippen molar-refractivity contribution >= 4 is 11.8 Å². The standard InChI is InChI=1S/C11H11FO4/c1-16-10-6-7(12)2-3-8(10)9(13)4-5-11(14)15/h2-3,6H,4-5H2,1H3,(H,14,15). The predicted molar refractivity (Wildman–Crippen MR) is 54.2 cm³/mol. The minimum Gasteiger partial charge on any atom is -0.496 e. The van der Waals surface area contributed by atoms with Crippen molar-refractivity contribution in [2.24, 2.45) is 0 Å². The highest BCUT2D eigenvalue weighted by Gasteiger charge is 2.14. The molecule has 5 heteroatoms. The van der Waals surface area contributed by atoms with Crippen LogP contribution in [0, 0.1) is 5.82 Å². The van der Waals surface area contributed by atoms with E-state index < -0.39 is 11.8 Å². The van der Waals surface area contributed by atoms with Crippen LogP contribution in [0.4, 0.5) is 4.39 Å². The molecule has 0 saturated heterocycles. The van der Waals surface area contributed by atoms with Gasteiger partial charge in [-0.3, -0.25) is 9.59 Å². The Kier molecular flexibility index (Phi) is 3.99. The highest BCUT2D eigenvalue weighted by molar-refractivity contribution is 5.99. The number of carboxylic acid groups (broad SMARTS) is 1. The second kappa shape index (κ2) is 5.25. The quantitative estimate of drug-likeness (QED) is 0.778. The lowest BCUT2D eigenvalue weighted by atomic mass is 10.1. The van der Waals surface area contributed by atoms with Crippen molar-refractivity contribution in [1.82, 2.24) is 0 Å². The maximum absolute atomic E-state index is 12.8. The largest absolute Gasteiger partial charge is 0.496 e. The van der Waals surface area contributed by atoms with Crippen LogP contribution in [0.2, 0.25) is 0 Å². The van der Waals surface area contributed by atoms with Gasteiger partial charge in [0.1, 0.15) is 11.6 Å². The van der Waals surface area contributed by atoms with Crippen LogP contribution in [-0.2, 0) is 4.79 Å². The molecule has 0 unspecified atom stereocenters. The van der Waals surface area contributed by atoms with Gasteiger partial charge in [0, 0.05) is 12.5 Å². The predicted octanol–water partition coefficient (Wildman–Crippen LogP) is 1.88. The molecule has 0 heterocycles. The lowest BCUT2D eigenvalue weighted by molar-refractivity contribution is -0.136. The SMILES string of the molecule is COc1cc(F)ccc1C(=O)CCC(=O)O. The average molecular weight is 226 g/mol. The Balaban J connectivity index is 2.86. The Morgan fingerprint density at radius 1 is 1.38 bits per heavy atom. The van der Waals surface area contributed by atoms with Crippen molar-refractivity contribution in [3.05, 3.63) is 29.6 Å². The molecule has 4 nitrogen and oxygen atoms in total. The number of Topliss-reactive ketones (excluding diaryl/α,β-unsaturated/α-hetero) is 1. The van der Waals surface area contributed by atoms with E-state index in [4.69, 9.17) is 9.84 Å². The van der Waals surface area contributed by atoms with Gasteiger partial charge in [-0.25, -0.2) is 4.39 Å². The fraction of sp³-hybridized carbons (Fsp3) is 0.273. The van der Waals surface area contributed by atoms with E-state index in [-0.39, 0.29) is 29.9 Å². The fourth-order valence-electron chi connectivity index (χ4n) is 1.25. The summed E-state index contributed by atoms with van der Waals surface area (Å²) in [6.45, 7) is 0. The van der Waals surface area contributed by atoms with Crippen LogP contribution in [0.1, 0.15) is 23.2 Å². The minimum atomic E-state index is -1.05. The number of hydrogen-bond donors (Lipinski definition) is 1. The van der Waals surface area contributed by atoms with E-state index in [1.54, 1.807) is 0 Å². The summed E-state index contributed by atoms with van der Waals surface area (Å²) in [5.74, 6) is -1.81. The van der Waals surface area contributed by atoms with Gasteiger partial charge in [0.25, 0.3) is 0 Å². The van der Waals surface area contributed by atoms with Gasteiger partial charge in [0.15, 0.2) is 5.78 Å². The number of carbonyl (C=O) groups excluding carboxylic acids is 1. The summed E-state index contributed by atoms with van der Waals surface area (Å²) in [7, 11) is 1.32. The summed E-state index contributed by atoms with van der Waals surface area (Å²) in [5, 5.41) is 8.44. The summed E-state index contributed by atoms with van der Waals surface area (Å²) in [5.41, 5.74) is 0.199. The number of aliphatic carboxylic acids is 1. The number of rotatable bonds is 5. The van der Waals surface area contributed by atoms with Crippen LogP contribution in [0.25, 0.3) is 0 Å². The van der Waals surface area contributed by atoms with Gasteiger partial charge >= 0.3 is 5.97 Å². The van der Waals surface area contributed by atoms with E-state index in [9.17, 15) is 14.0 Å². The zero-order valence-electron chi connectivity index (χ0n) is 8.70. The normalized spacial score (nSPS) is 9.88. The van der Waals surface area contributed by atoms with E-state index in [0.717, 1.165) is 12.1 Å². The minimum absolute atomic E-state index is 0.121. The highest BCUT2D eigenvalue weighted by atomic mass is 19.1. The number of hydrogen-bond acceptors (Lipinski definition) is 3. The first-order valence-electron chi connectivity index (χ1n) is 4.63. The Bertz CT molecular complexity index is 414. The summed E-state index contributed by atoms with van der Waals surface area (Å²) in [4.78, 5) is 21.9. The number of halogens is 1. The van der Waals surface area contributed by atoms with Gasteiger partial charge in [-0.15, -0.1) is 0 Å². The summed E-state index contributed by atoms with van der Waals surface area (Å²) >= 11 is 0. The van der Waals surface area contributed by atoms with Gasteiger partial charge in [0.2, 0.25) is 0 Å². The first kappa shape index (κ1) is 12.2. The lowest BCUT2D eigenvalue weighted by Crippen LogP contribution is -2.05. The van der Waals surface area contributed by atoms with E-state index in [0.29, 0.717) is 0 Å². The topological polar surface area (TPSA) is 63.6 Å². The third-order valence-corrected chi connectivity index (χ3v) is 2.03. The summed E-state index contributed by atoms with van der Waals surface area (Å²) in [6.07, 6.45) is -0.378. The van der Waals surface area contributed by atoms with Gasteiger partial charge in [0.05, 0.1) is 19.1 Å². The molecule has 0 aliphatic heterocycles. The molecule has 1 rings (SSSR count). The van der Waals surface area contributed by atoms with Crippen LogP contribution in [0.5, 0.6) is 5.75 Å². The average Bonchev–Trinajstić information content (AvgIpc) is 2.25. The Labute approximate surface area is 91.7 Å². The van der Waals surface area contributed by atoms with Crippen LogP contribution >= 0.6 is 0 Å². The number of methoxy groups -OCH3 is 1. The molecular formula is C11H11FO4. The van der Waals surface area contributed by atoms with Gasteiger partial charge < -0.3 is 9.84 Å². The third-order valence-electron chi connectivity index (χ3n) is 2.03. The molecule has 0 aliphatic carbocycles. The number of ketones is 1. The first-order chi connectivity index (χ1) is 7.54. The van der Waals surface area contributed by atoms with Gasteiger partial charge in [-0.05, 0) is 12.1 Å². The van der Waals surface area contributed by atoms with E-state index in [1.165, 1.54) is 13.2 Å². The van der Waals surface area contributed by atoms with Crippen LogP contribution in [0.3, 0.4) is 0 Å². The van der Waals surface area contributed by atoms with Crippen molar-refractivity contribution in [1.29, 1.82) is 0 Å². The highest BCUT2D eigenvalue weighted by Crippen LogP contribution is 2.21. The molecule has 1 aromatic carbocycles. The molecule has 1 aromatic rings. The maximum Gasteiger partial charge on any atom is 0.303 e. The molecule has 86 valence electrons. The summed E-state index contributed by atoms with van der Waals surface area (Å²) in [6, 6.07) is 3.52. The van der Waals surface area contributed by atoms with Crippen molar-refractivity contribution in [2.45, 2.75) is 12.8 Å². The van der Waals surface area contributed by atoms with Crippen LogP contribution in [0.15, 0.2) is 18.2 Å². The van der Waals surface area contributed by atoms with Crippen molar-refractivity contribution in [3.63, 3.8) is 0 Å². The van der Waals surface area contributed by atoms with Crippen LogP contribution in [-0.4, -0.2) is 24.0 Å². The number of benzene rings is 1. The zero-order valence-corrected chi connectivity index (χ0v) is 8.70. The second-order valence-corrected chi connectivity index (χ2v) is 3.16. The van der Waals surface area contributed by atoms with Crippen molar-refractivity contribution in [2.75, 3.05) is 7.11 Å². The van der Waals surface area contributed by atoms with Gasteiger partial charge in [-0.1, -0.05) is 0 Å². The van der Waals surface area contributed by atoms with Crippen molar-refractivity contribution in [3.8, 4) is 5.75 Å². The molecule has 0 spiro atoms. The van der Waals surface area contributed by atoms with Gasteiger partial charge in [-0.2, -0.15) is 0 Å². The molecule has 0 aromatic heterocycles. The summed E-state index contributed by atoms with van der Waals surface area (Å²) < 4.78 is 17.7. The maximum atomic E-state index is 12.8. The first-order valence-corrected chi connectivity index (χ1v) is 4.63. The van der Waals surface area contributed by atoms with E-state index in [2.05, 4.69) is 0 Å². The molecular weight excluding hydrogens is 215 g/mol. The third kappa shape index (κ3) is 3.05. The molecule has 0 atom stereocenters. The monoisotopic (exact) mass is 226 g/mol. The molecule has 16 heavy (non-hydrogen) atoms. The Morgan fingerprint density at radius 2 is 2.06 bits per heavy atom. The Hall–Kier alpha value is -1.91. The fourth-order valence-corrected chi connectivity index (χ4v) is 1.25. The molecule has 0 saturated carbocycles. The molecule has 0 bridgehead atoms. The smallest absolute Gasteiger partial charge is 0.303 e.